The molecule has 5 rings (SSSR count). The predicted molar refractivity (Wildman–Crippen MR) is 190 cm³/mol. The third-order valence-corrected chi connectivity index (χ3v) is 8.41. The van der Waals surface area contributed by atoms with Crippen LogP contribution in [0.4, 0.5) is 11.4 Å². The van der Waals surface area contributed by atoms with E-state index in [-0.39, 0.29) is 22.9 Å². The minimum Gasteiger partial charge on any atom is -0.340 e. The molecule has 4 heteroatoms. The van der Waals surface area contributed by atoms with E-state index in [1.165, 1.54) is 11.1 Å². The maximum atomic E-state index is 5.45. The lowest BCUT2D eigenvalue weighted by Crippen LogP contribution is -2.32. The van der Waals surface area contributed by atoms with Crippen LogP contribution >= 0.6 is 0 Å². The van der Waals surface area contributed by atoms with Crippen LogP contribution in [0.3, 0.4) is 0 Å². The summed E-state index contributed by atoms with van der Waals surface area (Å²) < 4.78 is 0. The fraction of sp³-hybridized carbons (Fsp3) is 0.350. The van der Waals surface area contributed by atoms with Crippen molar-refractivity contribution in [2.45, 2.75) is 90.1 Å². The summed E-state index contributed by atoms with van der Waals surface area (Å²) in [5, 5.41) is 7.30. The zero-order chi connectivity index (χ0) is 31.2. The van der Waals surface area contributed by atoms with E-state index in [1.807, 2.05) is 12.1 Å². The lowest BCUT2D eigenvalue weighted by atomic mass is 9.86. The molecule has 4 aromatic rings. The molecule has 44 heavy (non-hydrogen) atoms. The topological polar surface area (TPSA) is 48.8 Å². The van der Waals surface area contributed by atoms with E-state index in [0.717, 1.165) is 59.9 Å². The number of amidine groups is 2. The summed E-state index contributed by atoms with van der Waals surface area (Å²) in [5.41, 5.74) is 7.08. The third-order valence-electron chi connectivity index (χ3n) is 8.41. The molecule has 2 N–H and O–H groups in total. The first-order valence-electron chi connectivity index (χ1n) is 16.1. The number of anilines is 2. The van der Waals surface area contributed by atoms with Crippen LogP contribution < -0.4 is 10.6 Å². The standard InChI is InChI=1S/C40H48N4/c1-39(2,3)31-25-21-29(22-26-31)37(41-33-15-9-7-10-16-33)43-35-19-13-14-20-36(35)44-38(42-34-17-11-8-12-18-34)30-23-27-32(28-24-30)40(4,5)6/h7-12,15-18,21-28,35-36H,13-14,19-20H2,1-6H3,(H,41,43)(H,42,44)/t35-,36-/m1/s1. The Bertz CT molecular complexity index is 1420. The molecule has 1 saturated carbocycles. The molecule has 0 spiro atoms. The minimum absolute atomic E-state index is 0.0682. The zero-order valence-electron chi connectivity index (χ0n) is 27.3. The monoisotopic (exact) mass is 584 g/mol. The fourth-order valence-corrected chi connectivity index (χ4v) is 5.66. The Hall–Kier alpha value is -4.18. The Morgan fingerprint density at radius 1 is 0.500 bits per heavy atom. The molecule has 0 saturated heterocycles. The normalized spacial score (nSPS) is 18.1. The lowest BCUT2D eigenvalue weighted by molar-refractivity contribution is 0.388. The number of rotatable bonds is 6. The highest BCUT2D eigenvalue weighted by atomic mass is 15.1. The molecule has 0 aliphatic heterocycles. The van der Waals surface area contributed by atoms with Crippen molar-refractivity contribution in [1.82, 2.24) is 0 Å². The number of aliphatic imine (C=N–C) groups is 2. The maximum Gasteiger partial charge on any atom is 0.133 e. The SMILES string of the molecule is CC(C)(C)c1ccc(C(=N[C@@H]2CCCC[C@H]2N=C(Nc2ccccc2)c2ccc(C(C)(C)C)cc2)Nc2ccccc2)cc1. The third kappa shape index (κ3) is 8.25. The van der Waals surface area contributed by atoms with E-state index in [4.69, 9.17) is 9.98 Å². The van der Waals surface area contributed by atoms with Crippen molar-refractivity contribution >= 4 is 23.0 Å². The Labute approximate surface area is 264 Å². The van der Waals surface area contributed by atoms with E-state index in [9.17, 15) is 0 Å². The largest absolute Gasteiger partial charge is 0.340 e. The average molecular weight is 585 g/mol. The van der Waals surface area contributed by atoms with Crippen molar-refractivity contribution in [3.8, 4) is 0 Å². The number of benzene rings is 4. The second-order valence-corrected chi connectivity index (χ2v) is 14.0. The molecule has 0 heterocycles. The molecule has 2 atom stereocenters. The molecule has 0 aromatic heterocycles. The highest BCUT2D eigenvalue weighted by Gasteiger charge is 2.27. The van der Waals surface area contributed by atoms with Crippen molar-refractivity contribution in [2.24, 2.45) is 9.98 Å². The summed E-state index contributed by atoms with van der Waals surface area (Å²) in [7, 11) is 0. The van der Waals surface area contributed by atoms with Crippen LogP contribution in [-0.4, -0.2) is 23.8 Å². The van der Waals surface area contributed by atoms with Crippen molar-refractivity contribution in [2.75, 3.05) is 10.6 Å². The first-order valence-corrected chi connectivity index (χ1v) is 16.1. The van der Waals surface area contributed by atoms with Crippen LogP contribution in [0, 0.1) is 0 Å². The van der Waals surface area contributed by atoms with Crippen LogP contribution in [0.2, 0.25) is 0 Å². The lowest BCUT2D eigenvalue weighted by Gasteiger charge is -2.28. The van der Waals surface area contributed by atoms with Crippen LogP contribution in [-0.2, 0) is 10.8 Å². The van der Waals surface area contributed by atoms with Crippen molar-refractivity contribution in [3.63, 3.8) is 0 Å². The summed E-state index contributed by atoms with van der Waals surface area (Å²) in [6.07, 6.45) is 4.33. The van der Waals surface area contributed by atoms with Gasteiger partial charge in [-0.25, -0.2) is 0 Å². The van der Waals surface area contributed by atoms with E-state index in [2.05, 4.69) is 149 Å². The zero-order valence-corrected chi connectivity index (χ0v) is 27.3. The van der Waals surface area contributed by atoms with E-state index in [1.54, 1.807) is 0 Å². The molecule has 4 aromatic carbocycles. The van der Waals surface area contributed by atoms with Gasteiger partial charge in [0.15, 0.2) is 0 Å². The molecular formula is C40H48N4. The molecule has 1 aliphatic rings. The van der Waals surface area contributed by atoms with Gasteiger partial charge in [0.2, 0.25) is 0 Å². The van der Waals surface area contributed by atoms with Crippen molar-refractivity contribution in [1.29, 1.82) is 0 Å². The number of nitrogens with one attached hydrogen (secondary N) is 2. The van der Waals surface area contributed by atoms with Gasteiger partial charge in [0.05, 0.1) is 12.1 Å². The van der Waals surface area contributed by atoms with E-state index < -0.39 is 0 Å². The molecule has 4 nitrogen and oxygen atoms in total. The van der Waals surface area contributed by atoms with Gasteiger partial charge in [0, 0.05) is 22.5 Å². The molecule has 0 radical (unpaired) electrons. The van der Waals surface area contributed by atoms with Crippen molar-refractivity contribution in [3.05, 3.63) is 131 Å². The van der Waals surface area contributed by atoms with Gasteiger partial charge in [0.25, 0.3) is 0 Å². The molecule has 0 amide bonds. The van der Waals surface area contributed by atoms with Gasteiger partial charge in [-0.3, -0.25) is 9.98 Å². The second-order valence-electron chi connectivity index (χ2n) is 14.0. The quantitative estimate of drug-likeness (QED) is 0.175. The van der Waals surface area contributed by atoms with Gasteiger partial charge in [-0.2, -0.15) is 0 Å². The highest BCUT2D eigenvalue weighted by molar-refractivity contribution is 6.09. The van der Waals surface area contributed by atoms with Crippen LogP contribution in [0.25, 0.3) is 0 Å². The molecule has 0 unspecified atom stereocenters. The summed E-state index contributed by atoms with van der Waals surface area (Å²) >= 11 is 0. The number of para-hydroxylation sites is 2. The van der Waals surface area contributed by atoms with Crippen molar-refractivity contribution < 1.29 is 0 Å². The van der Waals surface area contributed by atoms with Gasteiger partial charge in [-0.1, -0.05) is 139 Å². The Morgan fingerprint density at radius 2 is 0.841 bits per heavy atom. The molecule has 228 valence electrons. The van der Waals surface area contributed by atoms with Gasteiger partial charge in [-0.05, 0) is 59.1 Å². The smallest absolute Gasteiger partial charge is 0.133 e. The Morgan fingerprint density at radius 3 is 1.16 bits per heavy atom. The van der Waals surface area contributed by atoms with Gasteiger partial charge >= 0.3 is 0 Å². The first-order chi connectivity index (χ1) is 21.1. The number of hydrogen-bond donors (Lipinski definition) is 2. The predicted octanol–water partition coefficient (Wildman–Crippen LogP) is 10.0. The molecule has 0 bridgehead atoms. The van der Waals surface area contributed by atoms with Crippen LogP contribution in [0.1, 0.15) is 89.5 Å². The summed E-state index contributed by atoms with van der Waals surface area (Å²) in [6, 6.07) is 38.6. The van der Waals surface area contributed by atoms with Gasteiger partial charge < -0.3 is 10.6 Å². The molecule has 1 fully saturated rings. The minimum atomic E-state index is 0.0682. The van der Waals surface area contributed by atoms with Crippen LogP contribution in [0.5, 0.6) is 0 Å². The Balaban J connectivity index is 1.53. The first kappa shape index (κ1) is 31.3. The highest BCUT2D eigenvalue weighted by Crippen LogP contribution is 2.28. The van der Waals surface area contributed by atoms with Gasteiger partial charge in [0.1, 0.15) is 11.7 Å². The van der Waals surface area contributed by atoms with E-state index in [0.29, 0.717) is 0 Å². The van der Waals surface area contributed by atoms with E-state index >= 15 is 0 Å². The van der Waals surface area contributed by atoms with Gasteiger partial charge in [-0.15, -0.1) is 0 Å². The van der Waals surface area contributed by atoms with Crippen LogP contribution in [0.15, 0.2) is 119 Å². The fourth-order valence-electron chi connectivity index (χ4n) is 5.66. The summed E-state index contributed by atoms with van der Waals surface area (Å²) in [4.78, 5) is 10.9. The second kappa shape index (κ2) is 13.6. The average Bonchev–Trinajstić information content (AvgIpc) is 3.01. The molecular weight excluding hydrogens is 536 g/mol. The Kier molecular flexibility index (Phi) is 9.68. The maximum absolute atomic E-state index is 5.45. The summed E-state index contributed by atoms with van der Waals surface area (Å²) in [5.74, 6) is 1.80. The molecule has 1 aliphatic carbocycles. The number of hydrogen-bond acceptors (Lipinski definition) is 2. The number of nitrogens with zero attached hydrogens (tertiary/aromatic N) is 2. The summed E-state index contributed by atoms with van der Waals surface area (Å²) in [6.45, 7) is 13.5.